The fourth-order valence-electron chi connectivity index (χ4n) is 3.05. The fourth-order valence-corrected chi connectivity index (χ4v) is 3.05. The van der Waals surface area contributed by atoms with Gasteiger partial charge in [-0.25, -0.2) is 14.8 Å². The Morgan fingerprint density at radius 1 is 1.14 bits per heavy atom. The summed E-state index contributed by atoms with van der Waals surface area (Å²) in [6, 6.07) is 7.51. The summed E-state index contributed by atoms with van der Waals surface area (Å²) in [7, 11) is 0. The van der Waals surface area contributed by atoms with Gasteiger partial charge in [0.05, 0.1) is 17.0 Å². The number of aliphatic carboxylic acids is 1. The van der Waals surface area contributed by atoms with Crippen LogP contribution in [0.4, 0.5) is 5.95 Å². The third-order valence-corrected chi connectivity index (χ3v) is 4.52. The summed E-state index contributed by atoms with van der Waals surface area (Å²) >= 11 is 0. The lowest BCUT2D eigenvalue weighted by atomic mass is 10.1. The number of carboxylic acid groups (broad SMARTS) is 1. The van der Waals surface area contributed by atoms with Crippen LogP contribution in [0.25, 0.3) is 0 Å². The van der Waals surface area contributed by atoms with Crippen LogP contribution < -0.4 is 10.6 Å². The van der Waals surface area contributed by atoms with E-state index < -0.39 is 17.9 Å². The number of carbonyl (C=O) groups excluding carboxylic acids is 1. The van der Waals surface area contributed by atoms with E-state index >= 15 is 0 Å². The number of nitrogens with one attached hydrogen (secondary N) is 2. The van der Waals surface area contributed by atoms with Crippen LogP contribution in [0, 0.1) is 20.8 Å². The van der Waals surface area contributed by atoms with E-state index in [-0.39, 0.29) is 0 Å². The van der Waals surface area contributed by atoms with Crippen molar-refractivity contribution in [2.75, 3.05) is 11.9 Å². The highest BCUT2D eigenvalue weighted by molar-refractivity contribution is 5.98. The number of carboxylic acids is 1. The second-order valence-electron chi connectivity index (χ2n) is 6.88. The minimum Gasteiger partial charge on any atom is -0.480 e. The molecule has 3 N–H and O–H groups in total. The monoisotopic (exact) mass is 384 g/mol. The van der Waals surface area contributed by atoms with Crippen LogP contribution >= 0.6 is 0 Å². The molecule has 0 bridgehead atoms. The first-order valence-corrected chi connectivity index (χ1v) is 9.50. The van der Waals surface area contributed by atoms with Gasteiger partial charge in [-0.2, -0.15) is 0 Å². The number of amides is 1. The molecule has 0 spiro atoms. The third kappa shape index (κ3) is 5.77. The molecule has 7 heteroatoms. The number of benzene rings is 1. The van der Waals surface area contributed by atoms with Crippen LogP contribution in [0.5, 0.6) is 0 Å². The second kappa shape index (κ2) is 9.82. The molecule has 2 aromatic rings. The molecule has 0 radical (unpaired) electrons. The molecule has 0 aliphatic rings. The van der Waals surface area contributed by atoms with E-state index in [1.807, 2.05) is 0 Å². The average Bonchev–Trinajstić information content (AvgIpc) is 2.62. The Kier molecular flexibility index (Phi) is 7.49. The summed E-state index contributed by atoms with van der Waals surface area (Å²) < 4.78 is 0. The summed E-state index contributed by atoms with van der Waals surface area (Å²) in [6.07, 6.45) is 2.20. The van der Waals surface area contributed by atoms with Crippen molar-refractivity contribution in [3.05, 3.63) is 52.3 Å². The molecule has 1 heterocycles. The highest BCUT2D eigenvalue weighted by Crippen LogP contribution is 2.14. The zero-order valence-corrected chi connectivity index (χ0v) is 16.9. The van der Waals surface area contributed by atoms with Crippen molar-refractivity contribution in [1.29, 1.82) is 0 Å². The molecule has 7 nitrogen and oxygen atoms in total. The quantitative estimate of drug-likeness (QED) is 0.574. The van der Waals surface area contributed by atoms with E-state index in [9.17, 15) is 9.59 Å². The topological polar surface area (TPSA) is 104 Å². The maximum atomic E-state index is 12.4. The van der Waals surface area contributed by atoms with E-state index in [0.29, 0.717) is 29.3 Å². The molecular weight excluding hydrogens is 356 g/mol. The molecule has 0 fully saturated rings. The maximum Gasteiger partial charge on any atom is 0.326 e. The number of anilines is 1. The maximum absolute atomic E-state index is 12.4. The highest BCUT2D eigenvalue weighted by Gasteiger charge is 2.22. The first kappa shape index (κ1) is 21.3. The van der Waals surface area contributed by atoms with Gasteiger partial charge in [0.2, 0.25) is 5.95 Å². The van der Waals surface area contributed by atoms with Gasteiger partial charge in [-0.15, -0.1) is 0 Å². The number of rotatable bonds is 9. The predicted molar refractivity (Wildman–Crippen MR) is 109 cm³/mol. The fraction of sp³-hybridized carbons (Fsp3) is 0.429. The number of carbonyl (C=O) groups is 2. The minimum absolute atomic E-state index is 0.306. The molecule has 0 saturated heterocycles. The normalized spacial score (nSPS) is 11.7. The molecule has 0 aliphatic heterocycles. The lowest BCUT2D eigenvalue weighted by molar-refractivity contribution is -0.139. The number of aryl methyl sites for hydroxylation is 4. The molecule has 1 amide bonds. The predicted octanol–water partition coefficient (Wildman–Crippen LogP) is 3.04. The Hall–Kier alpha value is -2.96. The molecular formula is C21H28N4O3. The van der Waals surface area contributed by atoms with Crippen LogP contribution in [0.3, 0.4) is 0 Å². The number of hydrogen-bond donors (Lipinski definition) is 3. The smallest absolute Gasteiger partial charge is 0.326 e. The largest absolute Gasteiger partial charge is 0.480 e. The van der Waals surface area contributed by atoms with Gasteiger partial charge < -0.3 is 15.7 Å². The van der Waals surface area contributed by atoms with Crippen LogP contribution in [-0.4, -0.2) is 39.5 Å². The molecule has 1 aromatic heterocycles. The molecule has 0 unspecified atom stereocenters. The van der Waals surface area contributed by atoms with Crippen molar-refractivity contribution in [2.45, 2.75) is 53.0 Å². The number of nitrogens with zero attached hydrogens (tertiary/aromatic N) is 2. The van der Waals surface area contributed by atoms with E-state index in [2.05, 4.69) is 51.8 Å². The van der Waals surface area contributed by atoms with Crippen molar-refractivity contribution in [3.63, 3.8) is 0 Å². The Bertz CT molecular complexity index is 828. The van der Waals surface area contributed by atoms with Crippen molar-refractivity contribution in [2.24, 2.45) is 0 Å². The van der Waals surface area contributed by atoms with E-state index in [4.69, 9.17) is 5.11 Å². The Morgan fingerprint density at radius 2 is 1.82 bits per heavy atom. The van der Waals surface area contributed by atoms with Gasteiger partial charge in [0.25, 0.3) is 5.91 Å². The average molecular weight is 384 g/mol. The van der Waals surface area contributed by atoms with Gasteiger partial charge in [-0.05, 0) is 45.6 Å². The third-order valence-electron chi connectivity index (χ3n) is 4.52. The molecule has 1 aromatic carbocycles. The molecule has 0 aliphatic carbocycles. The van der Waals surface area contributed by atoms with E-state index in [0.717, 1.165) is 19.4 Å². The van der Waals surface area contributed by atoms with Crippen LogP contribution in [-0.2, 0) is 11.2 Å². The highest BCUT2D eigenvalue weighted by atomic mass is 16.4. The molecule has 0 saturated carbocycles. The Morgan fingerprint density at radius 3 is 2.39 bits per heavy atom. The zero-order chi connectivity index (χ0) is 20.7. The van der Waals surface area contributed by atoms with Gasteiger partial charge in [0.15, 0.2) is 0 Å². The van der Waals surface area contributed by atoms with Gasteiger partial charge in [0, 0.05) is 6.54 Å². The number of hydrogen-bond acceptors (Lipinski definition) is 5. The first-order valence-electron chi connectivity index (χ1n) is 9.50. The van der Waals surface area contributed by atoms with Crippen molar-refractivity contribution in [1.82, 2.24) is 15.3 Å². The molecule has 2 rings (SSSR count). The van der Waals surface area contributed by atoms with Gasteiger partial charge >= 0.3 is 5.97 Å². The molecule has 28 heavy (non-hydrogen) atoms. The Balaban J connectivity index is 1.97. The van der Waals surface area contributed by atoms with Crippen LogP contribution in [0.2, 0.25) is 0 Å². The lowest BCUT2D eigenvalue weighted by Gasteiger charge is -2.15. The Labute approximate surface area is 165 Å². The molecule has 1 atom stereocenters. The summed E-state index contributed by atoms with van der Waals surface area (Å²) in [5, 5.41) is 14.8. The van der Waals surface area contributed by atoms with E-state index in [1.165, 1.54) is 11.1 Å². The van der Waals surface area contributed by atoms with Gasteiger partial charge in [-0.1, -0.05) is 36.8 Å². The summed E-state index contributed by atoms with van der Waals surface area (Å²) in [5.41, 5.74) is 3.91. The van der Waals surface area contributed by atoms with Crippen molar-refractivity contribution >= 4 is 17.8 Å². The van der Waals surface area contributed by atoms with Gasteiger partial charge in [0.1, 0.15) is 6.04 Å². The summed E-state index contributed by atoms with van der Waals surface area (Å²) in [6.45, 7) is 7.96. The minimum atomic E-state index is -1.06. The first-order chi connectivity index (χ1) is 13.3. The number of aromatic nitrogens is 2. The van der Waals surface area contributed by atoms with Crippen LogP contribution in [0.1, 0.15) is 52.6 Å². The van der Waals surface area contributed by atoms with Gasteiger partial charge in [-0.3, -0.25) is 4.79 Å². The zero-order valence-electron chi connectivity index (χ0n) is 16.9. The standard InChI is InChI=1S/C21H28N4O3/c1-5-17(20(27)28)25-19(26)18-14(3)23-21(24-15(18)4)22-11-7-10-16-9-6-8-13(2)12-16/h6,8-9,12,17H,5,7,10-11H2,1-4H3,(H,25,26)(H,27,28)(H,22,23,24)/t17-/m0/s1. The van der Waals surface area contributed by atoms with Crippen molar-refractivity contribution in [3.8, 4) is 0 Å². The lowest BCUT2D eigenvalue weighted by Crippen LogP contribution is -2.41. The summed E-state index contributed by atoms with van der Waals surface area (Å²) in [4.78, 5) is 32.3. The van der Waals surface area contributed by atoms with Crippen molar-refractivity contribution < 1.29 is 14.7 Å². The van der Waals surface area contributed by atoms with Crippen LogP contribution in [0.15, 0.2) is 24.3 Å². The second-order valence-corrected chi connectivity index (χ2v) is 6.88. The van der Waals surface area contributed by atoms with E-state index in [1.54, 1.807) is 20.8 Å². The SMILES string of the molecule is CC[C@H](NC(=O)c1c(C)nc(NCCCc2cccc(C)c2)nc1C)C(=O)O. The molecule has 150 valence electrons. The summed E-state index contributed by atoms with van der Waals surface area (Å²) in [5.74, 6) is -1.05.